The van der Waals surface area contributed by atoms with Crippen LogP contribution in [0.3, 0.4) is 0 Å². The molecule has 1 aromatic heterocycles. The molecule has 2 aliphatic heterocycles. The Kier molecular flexibility index (Phi) is 2.90. The zero-order chi connectivity index (χ0) is 12.8. The lowest BCUT2D eigenvalue weighted by molar-refractivity contribution is 0.371. The molecular formula is C11H18N4O2S. The van der Waals surface area contributed by atoms with E-state index >= 15 is 0 Å². The van der Waals surface area contributed by atoms with Crippen molar-refractivity contribution in [1.82, 2.24) is 14.8 Å². The highest BCUT2D eigenvalue weighted by molar-refractivity contribution is 7.92. The number of rotatable bonds is 2. The van der Waals surface area contributed by atoms with E-state index in [1.165, 1.54) is 0 Å². The third-order valence-electron chi connectivity index (χ3n) is 3.83. The fraction of sp³-hybridized carbons (Fsp3) is 0.818. The van der Waals surface area contributed by atoms with Gasteiger partial charge in [0.1, 0.15) is 12.0 Å². The Bertz CT molecular complexity index is 551. The number of sulfone groups is 1. The van der Waals surface area contributed by atoms with E-state index < -0.39 is 9.84 Å². The summed E-state index contributed by atoms with van der Waals surface area (Å²) in [7, 11) is -2.92. The lowest BCUT2D eigenvalue weighted by Crippen LogP contribution is -2.26. The van der Waals surface area contributed by atoms with Crippen LogP contribution in [0.5, 0.6) is 0 Å². The molecule has 0 aromatic carbocycles. The first-order chi connectivity index (χ1) is 8.56. The van der Waals surface area contributed by atoms with Crippen LogP contribution in [-0.2, 0) is 22.7 Å². The fourth-order valence-corrected chi connectivity index (χ4v) is 4.64. The highest BCUT2D eigenvalue weighted by Crippen LogP contribution is 2.24. The lowest BCUT2D eigenvalue weighted by atomic mass is 10.1. The zero-order valence-corrected chi connectivity index (χ0v) is 11.1. The Hall–Kier alpha value is -0.950. The second kappa shape index (κ2) is 4.31. The molecule has 6 nitrogen and oxygen atoms in total. The van der Waals surface area contributed by atoms with E-state index in [1.54, 1.807) is 4.68 Å². The monoisotopic (exact) mass is 270 g/mol. The van der Waals surface area contributed by atoms with Gasteiger partial charge in [-0.05, 0) is 25.7 Å². The summed E-state index contributed by atoms with van der Waals surface area (Å²) >= 11 is 0. The Morgan fingerprint density at radius 1 is 1.33 bits per heavy atom. The van der Waals surface area contributed by atoms with E-state index in [0.717, 1.165) is 37.9 Å². The molecule has 2 unspecified atom stereocenters. The third kappa shape index (κ3) is 2.05. The van der Waals surface area contributed by atoms with Crippen LogP contribution < -0.4 is 5.73 Å². The standard InChI is InChI=1S/C11H18N4O2S/c12-9-4-1-5-11-13-10(14-15(9)11)7-8-3-2-6-18(8,16)17/h8-9H,1-7,12H2. The molecule has 3 heterocycles. The van der Waals surface area contributed by atoms with Crippen molar-refractivity contribution in [2.75, 3.05) is 5.75 Å². The average Bonchev–Trinajstić information content (AvgIpc) is 2.84. The van der Waals surface area contributed by atoms with Gasteiger partial charge in [0.15, 0.2) is 15.7 Å². The van der Waals surface area contributed by atoms with E-state index in [0.29, 0.717) is 18.0 Å². The maximum Gasteiger partial charge on any atom is 0.153 e. The van der Waals surface area contributed by atoms with E-state index in [4.69, 9.17) is 5.73 Å². The van der Waals surface area contributed by atoms with Crippen molar-refractivity contribution in [3.8, 4) is 0 Å². The van der Waals surface area contributed by atoms with Gasteiger partial charge in [-0.2, -0.15) is 5.10 Å². The largest absolute Gasteiger partial charge is 0.310 e. The number of hydrogen-bond donors (Lipinski definition) is 1. The molecule has 0 radical (unpaired) electrons. The molecule has 2 N–H and O–H groups in total. The summed E-state index contributed by atoms with van der Waals surface area (Å²) in [4.78, 5) is 4.44. The van der Waals surface area contributed by atoms with E-state index in [9.17, 15) is 8.42 Å². The minimum atomic E-state index is -2.92. The molecule has 1 fully saturated rings. The van der Waals surface area contributed by atoms with Crippen molar-refractivity contribution in [2.45, 2.75) is 49.9 Å². The van der Waals surface area contributed by atoms with Gasteiger partial charge in [0.2, 0.25) is 0 Å². The van der Waals surface area contributed by atoms with Gasteiger partial charge in [-0.25, -0.2) is 18.1 Å². The summed E-state index contributed by atoms with van der Waals surface area (Å²) in [6.45, 7) is 0. The Morgan fingerprint density at radius 3 is 2.83 bits per heavy atom. The van der Waals surface area contributed by atoms with Gasteiger partial charge in [-0.1, -0.05) is 0 Å². The predicted molar refractivity (Wildman–Crippen MR) is 66.7 cm³/mol. The van der Waals surface area contributed by atoms with Crippen LogP contribution in [0.1, 0.15) is 43.5 Å². The topological polar surface area (TPSA) is 90.9 Å². The number of aryl methyl sites for hydroxylation is 1. The Labute approximate surface area is 106 Å². The second-order valence-electron chi connectivity index (χ2n) is 5.18. The molecule has 0 spiro atoms. The van der Waals surface area contributed by atoms with Gasteiger partial charge >= 0.3 is 0 Å². The maximum absolute atomic E-state index is 11.8. The molecule has 2 aliphatic rings. The molecule has 100 valence electrons. The first-order valence-corrected chi connectivity index (χ1v) is 8.19. The van der Waals surface area contributed by atoms with Crippen molar-refractivity contribution in [3.63, 3.8) is 0 Å². The lowest BCUT2D eigenvalue weighted by Gasteiger charge is -2.18. The van der Waals surface area contributed by atoms with Gasteiger partial charge in [0, 0.05) is 12.8 Å². The first kappa shape index (κ1) is 12.1. The molecule has 7 heteroatoms. The number of nitrogens with two attached hydrogens (primary N) is 1. The minimum absolute atomic E-state index is 0.102. The van der Waals surface area contributed by atoms with Crippen LogP contribution in [-0.4, -0.2) is 34.2 Å². The summed E-state index contributed by atoms with van der Waals surface area (Å²) in [6.07, 6.45) is 4.67. The number of nitrogens with zero attached hydrogens (tertiary/aromatic N) is 3. The molecule has 0 saturated carbocycles. The third-order valence-corrected chi connectivity index (χ3v) is 6.11. The van der Waals surface area contributed by atoms with Gasteiger partial charge in [0.25, 0.3) is 0 Å². The second-order valence-corrected chi connectivity index (χ2v) is 7.58. The normalized spacial score (nSPS) is 30.3. The number of aromatic nitrogens is 3. The minimum Gasteiger partial charge on any atom is -0.310 e. The van der Waals surface area contributed by atoms with Gasteiger partial charge in [-0.3, -0.25) is 0 Å². The van der Waals surface area contributed by atoms with Crippen LogP contribution in [0.15, 0.2) is 0 Å². The molecule has 2 atom stereocenters. The van der Waals surface area contributed by atoms with Crippen LogP contribution in [0.2, 0.25) is 0 Å². The molecule has 0 bridgehead atoms. The average molecular weight is 270 g/mol. The molecule has 1 aromatic rings. The molecule has 1 saturated heterocycles. The summed E-state index contributed by atoms with van der Waals surface area (Å²) in [6, 6.07) is 0. The van der Waals surface area contributed by atoms with Crippen molar-refractivity contribution < 1.29 is 8.42 Å². The van der Waals surface area contributed by atoms with Crippen LogP contribution in [0.4, 0.5) is 0 Å². The van der Waals surface area contributed by atoms with Crippen molar-refractivity contribution in [2.24, 2.45) is 5.73 Å². The molecule has 0 aliphatic carbocycles. The van der Waals surface area contributed by atoms with Crippen LogP contribution in [0, 0.1) is 0 Å². The van der Waals surface area contributed by atoms with E-state index in [-0.39, 0.29) is 11.4 Å². The fourth-order valence-electron chi connectivity index (χ4n) is 2.81. The smallest absolute Gasteiger partial charge is 0.153 e. The van der Waals surface area contributed by atoms with Gasteiger partial charge < -0.3 is 5.73 Å². The first-order valence-electron chi connectivity index (χ1n) is 6.48. The highest BCUT2D eigenvalue weighted by Gasteiger charge is 2.33. The maximum atomic E-state index is 11.8. The Balaban J connectivity index is 1.82. The molecular weight excluding hydrogens is 252 g/mol. The SMILES string of the molecule is NC1CCCc2nc(CC3CCCS3(=O)=O)nn21. The van der Waals surface area contributed by atoms with E-state index in [1.807, 2.05) is 0 Å². The number of fused-ring (bicyclic) bond motifs is 1. The van der Waals surface area contributed by atoms with Gasteiger partial charge in [0.05, 0.1) is 11.0 Å². The van der Waals surface area contributed by atoms with Crippen LogP contribution >= 0.6 is 0 Å². The van der Waals surface area contributed by atoms with Crippen molar-refractivity contribution in [3.05, 3.63) is 11.6 Å². The Morgan fingerprint density at radius 2 is 2.17 bits per heavy atom. The highest BCUT2D eigenvalue weighted by atomic mass is 32.2. The molecule has 0 amide bonds. The quantitative estimate of drug-likeness (QED) is 0.828. The molecule has 18 heavy (non-hydrogen) atoms. The summed E-state index contributed by atoms with van der Waals surface area (Å²) < 4.78 is 25.3. The zero-order valence-electron chi connectivity index (χ0n) is 10.2. The van der Waals surface area contributed by atoms with Crippen LogP contribution in [0.25, 0.3) is 0 Å². The van der Waals surface area contributed by atoms with E-state index in [2.05, 4.69) is 10.1 Å². The molecule has 3 rings (SSSR count). The van der Waals surface area contributed by atoms with Crippen molar-refractivity contribution in [1.29, 1.82) is 0 Å². The summed E-state index contributed by atoms with van der Waals surface area (Å²) in [5, 5.41) is 4.08. The summed E-state index contributed by atoms with van der Waals surface area (Å²) in [5.41, 5.74) is 5.96. The van der Waals surface area contributed by atoms with Crippen molar-refractivity contribution >= 4 is 9.84 Å². The predicted octanol–water partition coefficient (Wildman–Crippen LogP) is 0.191. The summed E-state index contributed by atoms with van der Waals surface area (Å²) in [5.74, 6) is 1.85. The van der Waals surface area contributed by atoms with Gasteiger partial charge in [-0.15, -0.1) is 0 Å². The number of hydrogen-bond acceptors (Lipinski definition) is 5.